The number of hydrazine groups is 1. The summed E-state index contributed by atoms with van der Waals surface area (Å²) in [6.07, 6.45) is 2.49. The molecule has 0 radical (unpaired) electrons. The molecule has 3 aliphatic rings. The Balaban J connectivity index is 1.44. The van der Waals surface area contributed by atoms with Crippen molar-refractivity contribution < 1.29 is 14.3 Å². The lowest BCUT2D eigenvalue weighted by atomic mass is 10.0. The predicted molar refractivity (Wildman–Crippen MR) is 92.9 cm³/mol. The molecule has 130 valence electrons. The standard InChI is InChI=1S/C17H22BrN3O3/c1-2-21(8-10-3-6-12-13(7-10)24-9-23-12)17(22)16-14(18)15(19-20-16)11-4-5-11/h3,6-7,11,14-16,19-20H,2,4-5,8-9H2,1H3. The third kappa shape index (κ3) is 3.00. The van der Waals surface area contributed by atoms with Gasteiger partial charge in [0.25, 0.3) is 0 Å². The van der Waals surface area contributed by atoms with Gasteiger partial charge in [0.1, 0.15) is 6.04 Å². The number of nitrogens with one attached hydrogen (secondary N) is 2. The van der Waals surface area contributed by atoms with Gasteiger partial charge in [0.05, 0.1) is 4.83 Å². The zero-order valence-electron chi connectivity index (χ0n) is 13.6. The van der Waals surface area contributed by atoms with Crippen LogP contribution in [0.3, 0.4) is 0 Å². The van der Waals surface area contributed by atoms with E-state index in [4.69, 9.17) is 9.47 Å². The second-order valence-corrected chi connectivity index (χ2v) is 7.67. The Morgan fingerprint density at radius 2 is 2.08 bits per heavy atom. The number of rotatable bonds is 5. The average Bonchev–Trinajstić information content (AvgIpc) is 3.19. The number of alkyl halides is 1. The zero-order chi connectivity index (χ0) is 16.7. The SMILES string of the molecule is CCN(Cc1ccc2c(c1)OCO2)C(=O)C1NNC(C2CC2)C1Br. The number of halogens is 1. The van der Waals surface area contributed by atoms with Gasteiger partial charge in [-0.3, -0.25) is 10.2 Å². The normalized spacial score (nSPS) is 28.2. The van der Waals surface area contributed by atoms with Gasteiger partial charge in [-0.1, -0.05) is 22.0 Å². The van der Waals surface area contributed by atoms with Gasteiger partial charge in [0, 0.05) is 19.1 Å². The summed E-state index contributed by atoms with van der Waals surface area (Å²) in [6.45, 7) is 3.51. The highest BCUT2D eigenvalue weighted by Gasteiger charge is 2.46. The first-order chi connectivity index (χ1) is 11.7. The smallest absolute Gasteiger partial charge is 0.242 e. The first-order valence-electron chi connectivity index (χ1n) is 8.50. The molecule has 1 aliphatic carbocycles. The number of ether oxygens (including phenoxy) is 2. The molecule has 3 atom stereocenters. The monoisotopic (exact) mass is 395 g/mol. The largest absolute Gasteiger partial charge is 0.454 e. The first-order valence-corrected chi connectivity index (χ1v) is 9.41. The maximum absolute atomic E-state index is 13.0. The number of hydrogen-bond acceptors (Lipinski definition) is 5. The van der Waals surface area contributed by atoms with E-state index in [1.807, 2.05) is 30.0 Å². The maximum atomic E-state index is 13.0. The highest BCUT2D eigenvalue weighted by Crippen LogP contribution is 2.38. The van der Waals surface area contributed by atoms with Gasteiger partial charge in [-0.2, -0.15) is 0 Å². The van der Waals surface area contributed by atoms with E-state index in [9.17, 15) is 4.79 Å². The number of hydrogen-bond donors (Lipinski definition) is 2. The van der Waals surface area contributed by atoms with Crippen molar-refractivity contribution in [1.29, 1.82) is 0 Å². The molecule has 0 spiro atoms. The lowest BCUT2D eigenvalue weighted by Gasteiger charge is -2.26. The van der Waals surface area contributed by atoms with Crippen molar-refractivity contribution in [2.45, 2.75) is 43.2 Å². The molecule has 2 N–H and O–H groups in total. The summed E-state index contributed by atoms with van der Waals surface area (Å²) >= 11 is 3.73. The average molecular weight is 396 g/mol. The lowest BCUT2D eigenvalue weighted by molar-refractivity contribution is -0.133. The molecule has 1 saturated carbocycles. The van der Waals surface area contributed by atoms with E-state index in [1.165, 1.54) is 12.8 Å². The van der Waals surface area contributed by atoms with Gasteiger partial charge in [-0.25, -0.2) is 5.43 Å². The highest BCUT2D eigenvalue weighted by atomic mass is 79.9. The molecule has 2 heterocycles. The summed E-state index contributed by atoms with van der Waals surface area (Å²) in [6, 6.07) is 5.95. The van der Waals surface area contributed by atoms with Crippen molar-refractivity contribution in [2.75, 3.05) is 13.3 Å². The fourth-order valence-corrected chi connectivity index (χ4v) is 4.31. The second-order valence-electron chi connectivity index (χ2n) is 6.61. The summed E-state index contributed by atoms with van der Waals surface area (Å²) in [5, 5.41) is 0. The van der Waals surface area contributed by atoms with Gasteiger partial charge in [0.15, 0.2) is 11.5 Å². The van der Waals surface area contributed by atoms with Crippen LogP contribution < -0.4 is 20.3 Å². The molecule has 4 rings (SSSR count). The van der Waals surface area contributed by atoms with E-state index < -0.39 is 0 Å². The third-order valence-corrected chi connectivity index (χ3v) is 6.06. The molecule has 6 nitrogen and oxygen atoms in total. The fourth-order valence-electron chi connectivity index (χ4n) is 3.39. The van der Waals surface area contributed by atoms with Crippen molar-refractivity contribution in [3.05, 3.63) is 23.8 Å². The number of likely N-dealkylation sites (N-methyl/N-ethyl adjacent to an activating group) is 1. The molecule has 2 fully saturated rings. The van der Waals surface area contributed by atoms with E-state index in [0.29, 0.717) is 25.0 Å². The minimum absolute atomic E-state index is 0.118. The van der Waals surface area contributed by atoms with Crippen LogP contribution in [0.25, 0.3) is 0 Å². The van der Waals surface area contributed by atoms with Crippen LogP contribution in [0.15, 0.2) is 18.2 Å². The molecule has 3 unspecified atom stereocenters. The lowest BCUT2D eigenvalue weighted by Crippen LogP contribution is -2.47. The van der Waals surface area contributed by atoms with E-state index in [1.54, 1.807) is 0 Å². The summed E-state index contributed by atoms with van der Waals surface area (Å²) < 4.78 is 10.8. The highest BCUT2D eigenvalue weighted by molar-refractivity contribution is 9.09. The summed E-state index contributed by atoms with van der Waals surface area (Å²) in [5.74, 6) is 2.32. The molecule has 0 bridgehead atoms. The van der Waals surface area contributed by atoms with Crippen molar-refractivity contribution in [2.24, 2.45) is 5.92 Å². The number of fused-ring (bicyclic) bond motifs is 1. The van der Waals surface area contributed by atoms with Crippen LogP contribution in [-0.4, -0.2) is 41.1 Å². The van der Waals surface area contributed by atoms with Gasteiger partial charge < -0.3 is 14.4 Å². The van der Waals surface area contributed by atoms with Crippen LogP contribution in [-0.2, 0) is 11.3 Å². The summed E-state index contributed by atoms with van der Waals surface area (Å²) in [4.78, 5) is 15.0. The number of benzene rings is 1. The maximum Gasteiger partial charge on any atom is 0.242 e. The molecular weight excluding hydrogens is 374 g/mol. The van der Waals surface area contributed by atoms with Crippen LogP contribution in [0.5, 0.6) is 11.5 Å². The number of carbonyl (C=O) groups excluding carboxylic acids is 1. The van der Waals surface area contributed by atoms with E-state index in [0.717, 1.165) is 17.1 Å². The molecule has 2 aliphatic heterocycles. The van der Waals surface area contributed by atoms with Crippen LogP contribution in [0.4, 0.5) is 0 Å². The number of amides is 1. The number of carbonyl (C=O) groups is 1. The summed E-state index contributed by atoms with van der Waals surface area (Å²) in [7, 11) is 0. The van der Waals surface area contributed by atoms with Crippen molar-refractivity contribution in [3.8, 4) is 11.5 Å². The first kappa shape index (κ1) is 16.2. The van der Waals surface area contributed by atoms with Gasteiger partial charge >= 0.3 is 0 Å². The molecule has 1 amide bonds. The van der Waals surface area contributed by atoms with E-state index in [2.05, 4.69) is 26.8 Å². The van der Waals surface area contributed by atoms with Crippen LogP contribution in [0.2, 0.25) is 0 Å². The topological polar surface area (TPSA) is 62.8 Å². The third-order valence-electron chi connectivity index (χ3n) is 4.97. The molecule has 1 aromatic carbocycles. The zero-order valence-corrected chi connectivity index (χ0v) is 15.2. The fraction of sp³-hybridized carbons (Fsp3) is 0.588. The van der Waals surface area contributed by atoms with Crippen LogP contribution >= 0.6 is 15.9 Å². The predicted octanol–water partition coefficient (Wildman–Crippen LogP) is 1.78. The Morgan fingerprint density at radius 1 is 1.29 bits per heavy atom. The Kier molecular flexibility index (Phi) is 4.40. The molecular formula is C17H22BrN3O3. The summed E-state index contributed by atoms with van der Waals surface area (Å²) in [5.41, 5.74) is 7.53. The molecule has 1 aromatic rings. The molecule has 1 saturated heterocycles. The van der Waals surface area contributed by atoms with Gasteiger partial charge in [-0.15, -0.1) is 0 Å². The molecule has 24 heavy (non-hydrogen) atoms. The molecule has 7 heteroatoms. The van der Waals surface area contributed by atoms with Crippen LogP contribution in [0, 0.1) is 5.92 Å². The van der Waals surface area contributed by atoms with E-state index in [-0.39, 0.29) is 23.6 Å². The molecule has 0 aromatic heterocycles. The minimum Gasteiger partial charge on any atom is -0.454 e. The Bertz CT molecular complexity index is 638. The Labute approximate surface area is 150 Å². The van der Waals surface area contributed by atoms with Crippen molar-refractivity contribution >= 4 is 21.8 Å². The van der Waals surface area contributed by atoms with Gasteiger partial charge in [0.2, 0.25) is 12.7 Å². The van der Waals surface area contributed by atoms with Crippen LogP contribution in [0.1, 0.15) is 25.3 Å². The minimum atomic E-state index is -0.232. The van der Waals surface area contributed by atoms with Crippen molar-refractivity contribution in [3.63, 3.8) is 0 Å². The van der Waals surface area contributed by atoms with Crippen molar-refractivity contribution in [1.82, 2.24) is 15.8 Å². The quantitative estimate of drug-likeness (QED) is 0.744. The Morgan fingerprint density at radius 3 is 2.83 bits per heavy atom. The number of nitrogens with zero attached hydrogens (tertiary/aromatic N) is 1. The Hall–Kier alpha value is -1.31. The van der Waals surface area contributed by atoms with Gasteiger partial charge in [-0.05, 0) is 43.4 Å². The second kappa shape index (κ2) is 6.54. The van der Waals surface area contributed by atoms with E-state index >= 15 is 0 Å².